The third-order valence-electron chi connectivity index (χ3n) is 2.45. The Morgan fingerprint density at radius 1 is 1.24 bits per heavy atom. The van der Waals surface area contributed by atoms with Crippen molar-refractivity contribution < 1.29 is 17.9 Å². The molecule has 2 aromatic rings. The molecule has 0 saturated carbocycles. The zero-order valence-corrected chi connectivity index (χ0v) is 9.45. The lowest BCUT2D eigenvalue weighted by atomic mass is 10.1. The van der Waals surface area contributed by atoms with Crippen molar-refractivity contribution in [3.8, 4) is 5.75 Å². The fraction of sp³-hybridized carbons (Fsp3) is 0.333. The highest BCUT2D eigenvalue weighted by Gasteiger charge is 2.33. The molecule has 2 nitrogen and oxygen atoms in total. The molecule has 0 fully saturated rings. The third kappa shape index (κ3) is 2.38. The number of alkyl halides is 3. The summed E-state index contributed by atoms with van der Waals surface area (Å²) in [6, 6.07) is 6.70. The Labute approximate surface area is 96.6 Å². The monoisotopic (exact) mass is 243 g/mol. The Balaban J connectivity index is 2.58. The number of hydrogen-bond donors (Lipinski definition) is 0. The fourth-order valence-electron chi connectivity index (χ4n) is 1.89. The summed E-state index contributed by atoms with van der Waals surface area (Å²) in [5.41, 5.74) is 1.22. The minimum Gasteiger partial charge on any atom is -0.404 e. The van der Waals surface area contributed by atoms with Crippen molar-refractivity contribution in [2.75, 3.05) is 0 Å². The van der Waals surface area contributed by atoms with Crippen molar-refractivity contribution in [2.24, 2.45) is 0 Å². The van der Waals surface area contributed by atoms with Gasteiger partial charge in [-0.2, -0.15) is 0 Å². The van der Waals surface area contributed by atoms with Gasteiger partial charge in [0.15, 0.2) is 5.75 Å². The quantitative estimate of drug-likeness (QED) is 0.778. The molecule has 0 saturated heterocycles. The first-order chi connectivity index (χ1) is 7.88. The summed E-state index contributed by atoms with van der Waals surface area (Å²) in [5, 5.41) is 0. The maximum atomic E-state index is 12.3. The molecule has 2 heterocycles. The van der Waals surface area contributed by atoms with Gasteiger partial charge in [-0.1, -0.05) is 19.9 Å². The lowest BCUT2D eigenvalue weighted by Gasteiger charge is -2.12. The van der Waals surface area contributed by atoms with Crippen LogP contribution in [0.5, 0.6) is 5.75 Å². The van der Waals surface area contributed by atoms with E-state index in [1.54, 1.807) is 28.8 Å². The van der Waals surface area contributed by atoms with Gasteiger partial charge in [-0.3, -0.25) is 0 Å². The standard InChI is InChI=1S/C12H12F3NO/c1-8(2)11-10(17-12(13,14)15)7-9-5-3-4-6-16(9)11/h3-8H,1-2H3. The van der Waals surface area contributed by atoms with Crippen LogP contribution in [-0.4, -0.2) is 10.8 Å². The zero-order valence-electron chi connectivity index (χ0n) is 9.45. The number of halogens is 3. The molecule has 0 spiro atoms. The Morgan fingerprint density at radius 3 is 2.53 bits per heavy atom. The van der Waals surface area contributed by atoms with Crippen molar-refractivity contribution in [3.05, 3.63) is 36.2 Å². The first-order valence-electron chi connectivity index (χ1n) is 5.24. The molecule has 0 aromatic carbocycles. The Morgan fingerprint density at radius 2 is 1.94 bits per heavy atom. The van der Waals surface area contributed by atoms with E-state index in [0.29, 0.717) is 11.2 Å². The number of ether oxygens (including phenoxy) is 1. The van der Waals surface area contributed by atoms with E-state index in [-0.39, 0.29) is 11.7 Å². The predicted octanol–water partition coefficient (Wildman–Crippen LogP) is 3.96. The highest BCUT2D eigenvalue weighted by molar-refractivity contribution is 5.57. The maximum absolute atomic E-state index is 12.3. The Bertz CT molecular complexity index is 528. The average molecular weight is 243 g/mol. The lowest BCUT2D eigenvalue weighted by Crippen LogP contribution is -2.18. The molecule has 0 unspecified atom stereocenters. The van der Waals surface area contributed by atoms with Gasteiger partial charge in [0.2, 0.25) is 0 Å². The summed E-state index contributed by atoms with van der Waals surface area (Å²) in [4.78, 5) is 0. The predicted molar refractivity (Wildman–Crippen MR) is 58.2 cm³/mol. The van der Waals surface area contributed by atoms with E-state index in [0.717, 1.165) is 0 Å². The molecular weight excluding hydrogens is 231 g/mol. The molecule has 5 heteroatoms. The van der Waals surface area contributed by atoms with E-state index in [9.17, 15) is 13.2 Å². The number of nitrogens with zero attached hydrogens (tertiary/aromatic N) is 1. The maximum Gasteiger partial charge on any atom is 0.573 e. The van der Waals surface area contributed by atoms with Gasteiger partial charge in [0, 0.05) is 17.8 Å². The molecule has 0 aliphatic rings. The normalized spacial score (nSPS) is 12.4. The van der Waals surface area contributed by atoms with Gasteiger partial charge in [0.25, 0.3) is 0 Å². The molecule has 17 heavy (non-hydrogen) atoms. The Hall–Kier alpha value is -1.65. The van der Waals surface area contributed by atoms with Crippen LogP contribution >= 0.6 is 0 Å². The largest absolute Gasteiger partial charge is 0.573 e. The van der Waals surface area contributed by atoms with Crippen molar-refractivity contribution >= 4 is 5.52 Å². The lowest BCUT2D eigenvalue weighted by molar-refractivity contribution is -0.274. The highest BCUT2D eigenvalue weighted by Crippen LogP contribution is 2.34. The number of hydrogen-bond acceptors (Lipinski definition) is 1. The van der Waals surface area contributed by atoms with E-state index in [4.69, 9.17) is 0 Å². The van der Waals surface area contributed by atoms with Gasteiger partial charge in [-0.15, -0.1) is 13.2 Å². The number of rotatable bonds is 2. The van der Waals surface area contributed by atoms with Crippen LogP contribution in [0.4, 0.5) is 13.2 Å². The first-order valence-corrected chi connectivity index (χ1v) is 5.24. The second-order valence-corrected chi connectivity index (χ2v) is 4.09. The van der Waals surface area contributed by atoms with Gasteiger partial charge in [-0.05, 0) is 18.1 Å². The minimum absolute atomic E-state index is 0.0581. The molecule has 0 N–H and O–H groups in total. The van der Waals surface area contributed by atoms with Gasteiger partial charge in [0.05, 0.1) is 5.69 Å². The van der Waals surface area contributed by atoms with Gasteiger partial charge in [0.1, 0.15) is 0 Å². The van der Waals surface area contributed by atoms with Gasteiger partial charge < -0.3 is 9.14 Å². The van der Waals surface area contributed by atoms with Crippen LogP contribution in [0.15, 0.2) is 30.5 Å². The molecule has 0 bridgehead atoms. The summed E-state index contributed by atoms with van der Waals surface area (Å²) in [5.74, 6) is -0.184. The number of aromatic nitrogens is 1. The van der Waals surface area contributed by atoms with E-state index >= 15 is 0 Å². The van der Waals surface area contributed by atoms with Crippen LogP contribution in [0, 0.1) is 0 Å². The molecular formula is C12H12F3NO. The smallest absolute Gasteiger partial charge is 0.404 e. The first kappa shape index (κ1) is 11.8. The van der Waals surface area contributed by atoms with Crippen LogP contribution in [0.1, 0.15) is 25.5 Å². The van der Waals surface area contributed by atoms with Crippen LogP contribution < -0.4 is 4.74 Å². The van der Waals surface area contributed by atoms with E-state index in [2.05, 4.69) is 4.74 Å². The van der Waals surface area contributed by atoms with Crippen LogP contribution in [0.3, 0.4) is 0 Å². The van der Waals surface area contributed by atoms with Crippen molar-refractivity contribution in [1.82, 2.24) is 4.40 Å². The van der Waals surface area contributed by atoms with E-state index < -0.39 is 6.36 Å². The Kier molecular flexibility index (Phi) is 2.77. The average Bonchev–Trinajstić information content (AvgIpc) is 2.51. The second kappa shape index (κ2) is 3.98. The van der Waals surface area contributed by atoms with Crippen LogP contribution in [0.25, 0.3) is 5.52 Å². The molecule has 0 aliphatic carbocycles. The second-order valence-electron chi connectivity index (χ2n) is 4.09. The van der Waals surface area contributed by atoms with Gasteiger partial charge in [-0.25, -0.2) is 0 Å². The minimum atomic E-state index is -4.66. The van der Waals surface area contributed by atoms with E-state index in [1.165, 1.54) is 6.07 Å². The summed E-state index contributed by atoms with van der Waals surface area (Å²) in [6.07, 6.45) is -2.93. The molecule has 0 atom stereocenters. The summed E-state index contributed by atoms with van der Waals surface area (Å²) >= 11 is 0. The van der Waals surface area contributed by atoms with Crippen molar-refractivity contribution in [1.29, 1.82) is 0 Å². The summed E-state index contributed by atoms with van der Waals surface area (Å²) in [7, 11) is 0. The van der Waals surface area contributed by atoms with Crippen molar-refractivity contribution in [2.45, 2.75) is 26.1 Å². The van der Waals surface area contributed by atoms with Crippen LogP contribution in [-0.2, 0) is 0 Å². The molecule has 2 rings (SSSR count). The number of pyridine rings is 1. The fourth-order valence-corrected chi connectivity index (χ4v) is 1.89. The molecule has 0 aliphatic heterocycles. The van der Waals surface area contributed by atoms with Crippen LogP contribution in [0.2, 0.25) is 0 Å². The SMILES string of the molecule is CC(C)c1c(OC(F)(F)F)cc2ccccn12. The summed E-state index contributed by atoms with van der Waals surface area (Å²) < 4.78 is 42.6. The molecule has 0 amide bonds. The summed E-state index contributed by atoms with van der Waals surface area (Å²) in [6.45, 7) is 3.66. The number of fused-ring (bicyclic) bond motifs is 1. The molecule has 0 radical (unpaired) electrons. The zero-order chi connectivity index (χ0) is 12.6. The molecule has 92 valence electrons. The molecule has 2 aromatic heterocycles. The van der Waals surface area contributed by atoms with Gasteiger partial charge >= 0.3 is 6.36 Å². The topological polar surface area (TPSA) is 13.6 Å². The highest BCUT2D eigenvalue weighted by atomic mass is 19.4. The third-order valence-corrected chi connectivity index (χ3v) is 2.45. The van der Waals surface area contributed by atoms with Crippen molar-refractivity contribution in [3.63, 3.8) is 0 Å². The van der Waals surface area contributed by atoms with E-state index in [1.807, 2.05) is 13.8 Å².